The van der Waals surface area contributed by atoms with E-state index in [1.165, 1.54) is 0 Å². The van der Waals surface area contributed by atoms with E-state index in [0.717, 1.165) is 18.4 Å². The average molecular weight is 219 g/mol. The van der Waals surface area contributed by atoms with Crippen molar-refractivity contribution >= 4 is 11.5 Å². The lowest BCUT2D eigenvalue weighted by Crippen LogP contribution is -2.48. The van der Waals surface area contributed by atoms with Crippen molar-refractivity contribution < 1.29 is 4.79 Å². The fraction of sp³-hybridized carbons (Fsp3) is 0.500. The molecule has 1 heterocycles. The molecule has 1 saturated carbocycles. The van der Waals surface area contributed by atoms with Crippen molar-refractivity contribution in [1.82, 2.24) is 4.98 Å². The molecule has 0 aromatic carbocycles. The number of rotatable bonds is 4. The first kappa shape index (κ1) is 11.1. The third-order valence-electron chi connectivity index (χ3n) is 3.32. The smallest absolute Gasteiger partial charge is 0.157 e. The number of nitrogen functional groups attached to an aromatic ring is 1. The van der Waals surface area contributed by atoms with Crippen LogP contribution in [0.1, 0.15) is 25.3 Å². The molecule has 16 heavy (non-hydrogen) atoms. The zero-order chi connectivity index (χ0) is 11.8. The van der Waals surface area contributed by atoms with Crippen LogP contribution in [0.25, 0.3) is 0 Å². The monoisotopic (exact) mass is 219 g/mol. The van der Waals surface area contributed by atoms with Gasteiger partial charge in [-0.3, -0.25) is 9.78 Å². The molecule has 1 aliphatic rings. The molecule has 86 valence electrons. The lowest BCUT2D eigenvalue weighted by molar-refractivity contribution is -0.123. The Morgan fingerprint density at radius 2 is 2.31 bits per heavy atom. The summed E-state index contributed by atoms with van der Waals surface area (Å²) in [5.74, 6) is 0.396. The third-order valence-corrected chi connectivity index (χ3v) is 3.32. The molecule has 0 saturated heterocycles. The van der Waals surface area contributed by atoms with Gasteiger partial charge in [0, 0.05) is 30.1 Å². The van der Waals surface area contributed by atoms with Gasteiger partial charge in [0.1, 0.15) is 0 Å². The second kappa shape index (κ2) is 3.87. The van der Waals surface area contributed by atoms with Crippen molar-refractivity contribution in [2.75, 3.05) is 5.73 Å². The quantitative estimate of drug-likeness (QED) is 0.788. The van der Waals surface area contributed by atoms with Crippen LogP contribution in [-0.4, -0.2) is 16.3 Å². The number of pyridine rings is 1. The van der Waals surface area contributed by atoms with Gasteiger partial charge in [-0.05, 0) is 31.7 Å². The molecule has 4 heteroatoms. The summed E-state index contributed by atoms with van der Waals surface area (Å²) in [6, 6.07) is 1.70. The Hall–Kier alpha value is -1.42. The fourth-order valence-corrected chi connectivity index (χ4v) is 1.86. The summed E-state index contributed by atoms with van der Waals surface area (Å²) < 4.78 is 0. The predicted octanol–water partition coefficient (Wildman–Crippen LogP) is 0.903. The topological polar surface area (TPSA) is 82.0 Å². The number of Topliss-reactive ketones (excluding diaryl/α,β-unsaturated/α-hetero) is 1. The Labute approximate surface area is 95.0 Å². The number of hydrogen-bond donors (Lipinski definition) is 2. The van der Waals surface area contributed by atoms with Gasteiger partial charge in [-0.1, -0.05) is 0 Å². The minimum absolute atomic E-state index is 0.0506. The number of hydrogen-bond acceptors (Lipinski definition) is 4. The van der Waals surface area contributed by atoms with Crippen LogP contribution in [0.15, 0.2) is 18.5 Å². The Morgan fingerprint density at radius 3 is 2.88 bits per heavy atom. The highest BCUT2D eigenvalue weighted by Gasteiger charge is 2.43. The normalized spacial score (nSPS) is 19.1. The van der Waals surface area contributed by atoms with E-state index in [1.54, 1.807) is 18.5 Å². The molecule has 1 aromatic rings. The first-order chi connectivity index (χ1) is 7.51. The van der Waals surface area contributed by atoms with Crippen LogP contribution >= 0.6 is 0 Å². The highest BCUT2D eigenvalue weighted by molar-refractivity contribution is 5.91. The Bertz CT molecular complexity index is 410. The number of anilines is 1. The van der Waals surface area contributed by atoms with Gasteiger partial charge < -0.3 is 11.5 Å². The van der Waals surface area contributed by atoms with Gasteiger partial charge in [0.25, 0.3) is 0 Å². The van der Waals surface area contributed by atoms with E-state index < -0.39 is 5.54 Å². The van der Waals surface area contributed by atoms with Crippen LogP contribution in [0.2, 0.25) is 0 Å². The lowest BCUT2D eigenvalue weighted by Gasteiger charge is -2.22. The maximum Gasteiger partial charge on any atom is 0.157 e. The van der Waals surface area contributed by atoms with Crippen molar-refractivity contribution in [3.8, 4) is 0 Å². The minimum atomic E-state index is -0.706. The third kappa shape index (κ3) is 2.07. The predicted molar refractivity (Wildman–Crippen MR) is 62.7 cm³/mol. The molecule has 1 aromatic heterocycles. The molecule has 0 bridgehead atoms. The highest BCUT2D eigenvalue weighted by atomic mass is 16.1. The molecular weight excluding hydrogens is 202 g/mol. The lowest BCUT2D eigenvalue weighted by atomic mass is 9.88. The fourth-order valence-electron chi connectivity index (χ4n) is 1.86. The van der Waals surface area contributed by atoms with Crippen LogP contribution in [-0.2, 0) is 11.2 Å². The zero-order valence-electron chi connectivity index (χ0n) is 9.44. The molecule has 1 atom stereocenters. The molecule has 1 unspecified atom stereocenters. The first-order valence-corrected chi connectivity index (χ1v) is 5.52. The standard InChI is InChI=1S/C12H17N3O/c1-12(14,9-2-3-9)11(16)6-8-7-15-5-4-10(8)13/h4-5,7,9H,2-3,6,14H2,1H3,(H2,13,15). The SMILES string of the molecule is CC(N)(C(=O)Cc1cnccc1N)C1CC1. The molecule has 2 rings (SSSR count). The Kier molecular flexibility index (Phi) is 2.68. The van der Waals surface area contributed by atoms with E-state index in [9.17, 15) is 4.79 Å². The molecular formula is C12H17N3O. The van der Waals surface area contributed by atoms with Gasteiger partial charge in [-0.25, -0.2) is 0 Å². The second-order valence-corrected chi connectivity index (χ2v) is 4.73. The van der Waals surface area contributed by atoms with Gasteiger partial charge in [-0.15, -0.1) is 0 Å². The number of ketones is 1. The van der Waals surface area contributed by atoms with Crippen molar-refractivity contribution in [2.24, 2.45) is 11.7 Å². The summed E-state index contributed by atoms with van der Waals surface area (Å²) in [6.07, 6.45) is 5.65. The summed E-state index contributed by atoms with van der Waals surface area (Å²) in [4.78, 5) is 16.0. The first-order valence-electron chi connectivity index (χ1n) is 5.52. The van der Waals surface area contributed by atoms with Gasteiger partial charge in [0.15, 0.2) is 5.78 Å². The Morgan fingerprint density at radius 1 is 1.62 bits per heavy atom. The van der Waals surface area contributed by atoms with E-state index in [1.807, 2.05) is 6.92 Å². The maximum absolute atomic E-state index is 12.1. The van der Waals surface area contributed by atoms with Crippen molar-refractivity contribution in [3.05, 3.63) is 24.0 Å². The Balaban J connectivity index is 2.10. The van der Waals surface area contributed by atoms with Gasteiger partial charge >= 0.3 is 0 Å². The van der Waals surface area contributed by atoms with E-state index in [2.05, 4.69) is 4.98 Å². The van der Waals surface area contributed by atoms with Crippen molar-refractivity contribution in [1.29, 1.82) is 0 Å². The van der Waals surface area contributed by atoms with Crippen LogP contribution in [0.5, 0.6) is 0 Å². The second-order valence-electron chi connectivity index (χ2n) is 4.73. The van der Waals surface area contributed by atoms with Crippen LogP contribution in [0.4, 0.5) is 5.69 Å². The molecule has 4 nitrogen and oxygen atoms in total. The number of nitrogens with two attached hydrogens (primary N) is 2. The minimum Gasteiger partial charge on any atom is -0.398 e. The summed E-state index contributed by atoms with van der Waals surface area (Å²) in [6.45, 7) is 1.82. The number of nitrogens with zero attached hydrogens (tertiary/aromatic N) is 1. The van der Waals surface area contributed by atoms with E-state index in [-0.39, 0.29) is 12.2 Å². The summed E-state index contributed by atoms with van der Waals surface area (Å²) in [5.41, 5.74) is 12.5. The number of carbonyl (C=O) groups excluding carboxylic acids is 1. The molecule has 0 spiro atoms. The van der Waals surface area contributed by atoms with E-state index >= 15 is 0 Å². The van der Waals surface area contributed by atoms with Gasteiger partial charge in [0.05, 0.1) is 5.54 Å². The summed E-state index contributed by atoms with van der Waals surface area (Å²) in [7, 11) is 0. The zero-order valence-corrected chi connectivity index (χ0v) is 9.44. The average Bonchev–Trinajstić information content (AvgIpc) is 3.04. The van der Waals surface area contributed by atoms with Crippen molar-refractivity contribution in [3.63, 3.8) is 0 Å². The number of carbonyl (C=O) groups is 1. The molecule has 0 aliphatic heterocycles. The van der Waals surface area contributed by atoms with Crippen LogP contribution in [0, 0.1) is 5.92 Å². The largest absolute Gasteiger partial charge is 0.398 e. The van der Waals surface area contributed by atoms with Crippen molar-refractivity contribution in [2.45, 2.75) is 31.7 Å². The van der Waals surface area contributed by atoms with Crippen LogP contribution < -0.4 is 11.5 Å². The summed E-state index contributed by atoms with van der Waals surface area (Å²) >= 11 is 0. The summed E-state index contributed by atoms with van der Waals surface area (Å²) in [5, 5.41) is 0. The van der Waals surface area contributed by atoms with E-state index in [4.69, 9.17) is 11.5 Å². The van der Waals surface area contributed by atoms with E-state index in [0.29, 0.717) is 11.6 Å². The molecule has 1 aliphatic carbocycles. The molecule has 4 N–H and O–H groups in total. The number of aromatic nitrogens is 1. The molecule has 1 fully saturated rings. The molecule has 0 radical (unpaired) electrons. The van der Waals surface area contributed by atoms with Gasteiger partial charge in [0.2, 0.25) is 0 Å². The van der Waals surface area contributed by atoms with Gasteiger partial charge in [-0.2, -0.15) is 0 Å². The van der Waals surface area contributed by atoms with Crippen LogP contribution in [0.3, 0.4) is 0 Å². The maximum atomic E-state index is 12.1. The molecule has 0 amide bonds. The highest BCUT2D eigenvalue weighted by Crippen LogP contribution is 2.39.